The molecule has 1 N–H and O–H groups in total. The molecule has 3 nitrogen and oxygen atoms in total. The lowest BCUT2D eigenvalue weighted by Crippen LogP contribution is -1.92. The number of hydrogen-bond donors (Lipinski definition) is 1. The molecule has 0 bridgehead atoms. The van der Waals surface area contributed by atoms with Gasteiger partial charge in [0.2, 0.25) is 6.79 Å². The van der Waals surface area contributed by atoms with Crippen LogP contribution < -0.4 is 9.47 Å². The van der Waals surface area contributed by atoms with Crippen LogP contribution in [0.5, 0.6) is 11.5 Å². The number of ether oxygens (including phenoxy) is 2. The normalized spacial score (nSPS) is 12.1. The summed E-state index contributed by atoms with van der Waals surface area (Å²) in [5, 5.41) is 9.03. The number of benzene rings is 1. The first kappa shape index (κ1) is 9.20. The molecule has 0 aromatic heterocycles. The van der Waals surface area contributed by atoms with E-state index in [1.54, 1.807) is 12.1 Å². The van der Waals surface area contributed by atoms with Crippen molar-refractivity contribution in [2.24, 2.45) is 0 Å². The molecule has 2 rings (SSSR count). The summed E-state index contributed by atoms with van der Waals surface area (Å²) < 4.78 is 10.3. The van der Waals surface area contributed by atoms with Crippen LogP contribution in [0, 0.1) is 11.8 Å². The van der Waals surface area contributed by atoms with Gasteiger partial charge < -0.3 is 14.6 Å². The average Bonchev–Trinajstić information content (AvgIpc) is 2.61. The molecule has 1 heterocycles. The van der Waals surface area contributed by atoms with Crippen molar-refractivity contribution in [1.82, 2.24) is 0 Å². The topological polar surface area (TPSA) is 38.7 Å². The summed E-state index contributed by atoms with van der Waals surface area (Å²) in [6.07, 6.45) is 0. The largest absolute Gasteiger partial charge is 0.454 e. The van der Waals surface area contributed by atoms with Gasteiger partial charge in [0.15, 0.2) is 11.5 Å². The van der Waals surface area contributed by atoms with E-state index in [1.165, 1.54) is 0 Å². The van der Waals surface area contributed by atoms with Crippen molar-refractivity contribution in [3.05, 3.63) is 22.7 Å². The predicted octanol–water partition coefficient (Wildman–Crippen LogP) is 1.41. The first-order valence-electron chi connectivity index (χ1n) is 4.00. The molecule has 0 aliphatic carbocycles. The first-order valence-corrected chi connectivity index (χ1v) is 4.38. The van der Waals surface area contributed by atoms with E-state index >= 15 is 0 Å². The van der Waals surface area contributed by atoms with Crippen molar-refractivity contribution in [3.8, 4) is 23.3 Å². The van der Waals surface area contributed by atoms with E-state index in [4.69, 9.17) is 26.2 Å². The van der Waals surface area contributed by atoms with Gasteiger partial charge in [0, 0.05) is 17.7 Å². The number of rotatable bonds is 0. The van der Waals surface area contributed by atoms with E-state index in [-0.39, 0.29) is 13.4 Å². The highest BCUT2D eigenvalue weighted by molar-refractivity contribution is 6.32. The Kier molecular flexibility index (Phi) is 2.49. The van der Waals surface area contributed by atoms with Crippen LogP contribution in [0.3, 0.4) is 0 Å². The van der Waals surface area contributed by atoms with Gasteiger partial charge in [-0.3, -0.25) is 0 Å². The molecule has 1 aliphatic heterocycles. The van der Waals surface area contributed by atoms with Crippen molar-refractivity contribution in [3.63, 3.8) is 0 Å². The van der Waals surface area contributed by atoms with Crippen molar-refractivity contribution in [2.45, 2.75) is 0 Å². The summed E-state index contributed by atoms with van der Waals surface area (Å²) in [6, 6.07) is 3.36. The summed E-state index contributed by atoms with van der Waals surface area (Å²) in [5.74, 6) is 6.51. The maximum absolute atomic E-state index is 8.54. The van der Waals surface area contributed by atoms with Gasteiger partial charge in [-0.25, -0.2) is 0 Å². The van der Waals surface area contributed by atoms with Crippen LogP contribution in [0.25, 0.3) is 0 Å². The Morgan fingerprint density at radius 1 is 1.36 bits per heavy atom. The number of hydrogen-bond acceptors (Lipinski definition) is 3. The minimum Gasteiger partial charge on any atom is -0.454 e. The second kappa shape index (κ2) is 3.79. The Morgan fingerprint density at radius 2 is 2.07 bits per heavy atom. The summed E-state index contributed by atoms with van der Waals surface area (Å²) in [5.41, 5.74) is 0.630. The molecule has 72 valence electrons. The molecule has 0 saturated heterocycles. The molecule has 1 aliphatic rings. The van der Waals surface area contributed by atoms with Crippen LogP contribution in [0.15, 0.2) is 12.1 Å². The number of halogens is 1. The molecule has 0 fully saturated rings. The third kappa shape index (κ3) is 1.63. The summed E-state index contributed by atoms with van der Waals surface area (Å²) in [6.45, 7) is 0.0211. The van der Waals surface area contributed by atoms with E-state index < -0.39 is 0 Å². The van der Waals surface area contributed by atoms with E-state index in [2.05, 4.69) is 11.8 Å². The summed E-state index contributed by atoms with van der Waals surface area (Å²) in [7, 11) is 0. The number of aliphatic hydroxyl groups is 1. The van der Waals surface area contributed by atoms with E-state index in [0.717, 1.165) is 0 Å². The molecule has 0 saturated carbocycles. The molecule has 1 aromatic carbocycles. The maximum Gasteiger partial charge on any atom is 0.231 e. The van der Waals surface area contributed by atoms with Gasteiger partial charge >= 0.3 is 0 Å². The van der Waals surface area contributed by atoms with Crippen LogP contribution >= 0.6 is 11.6 Å². The Hall–Kier alpha value is -1.37. The lowest BCUT2D eigenvalue weighted by Gasteiger charge is -1.98. The second-order valence-electron chi connectivity index (χ2n) is 2.65. The van der Waals surface area contributed by atoms with Crippen LogP contribution in [-0.2, 0) is 0 Å². The Morgan fingerprint density at radius 3 is 2.79 bits per heavy atom. The second-order valence-corrected chi connectivity index (χ2v) is 3.05. The predicted molar refractivity (Wildman–Crippen MR) is 51.5 cm³/mol. The molecule has 0 spiro atoms. The molecule has 0 radical (unpaired) electrons. The standard InChI is InChI=1S/C10H7ClO3/c11-8-5-10-9(13-6-14-10)4-7(8)2-1-3-12/h4-5,12H,3,6H2. The Labute approximate surface area is 86.2 Å². The zero-order chi connectivity index (χ0) is 9.97. The number of aliphatic hydroxyl groups excluding tert-OH is 1. The molecule has 0 amide bonds. The Balaban J connectivity index is 2.42. The van der Waals surface area contributed by atoms with E-state index in [9.17, 15) is 0 Å². The maximum atomic E-state index is 8.54. The zero-order valence-electron chi connectivity index (χ0n) is 7.21. The fourth-order valence-electron chi connectivity index (χ4n) is 1.15. The quantitative estimate of drug-likeness (QED) is 0.658. The van der Waals surface area contributed by atoms with Crippen molar-refractivity contribution >= 4 is 11.6 Å². The van der Waals surface area contributed by atoms with Gasteiger partial charge in [-0.05, 0) is 0 Å². The van der Waals surface area contributed by atoms with E-state index in [1.807, 2.05) is 0 Å². The fourth-order valence-corrected chi connectivity index (χ4v) is 1.35. The van der Waals surface area contributed by atoms with Crippen molar-refractivity contribution in [1.29, 1.82) is 0 Å². The SMILES string of the molecule is OCC#Cc1cc2c(cc1Cl)OCO2. The minimum absolute atomic E-state index is 0.190. The summed E-state index contributed by atoms with van der Waals surface area (Å²) >= 11 is 5.92. The van der Waals surface area contributed by atoms with E-state index in [0.29, 0.717) is 22.1 Å². The highest BCUT2D eigenvalue weighted by Gasteiger charge is 2.15. The smallest absolute Gasteiger partial charge is 0.231 e. The highest BCUT2D eigenvalue weighted by Crippen LogP contribution is 2.36. The van der Waals surface area contributed by atoms with Crippen molar-refractivity contribution < 1.29 is 14.6 Å². The molecule has 1 aromatic rings. The minimum atomic E-state index is -0.190. The summed E-state index contributed by atoms with van der Waals surface area (Å²) in [4.78, 5) is 0. The molecule has 14 heavy (non-hydrogen) atoms. The third-order valence-electron chi connectivity index (χ3n) is 1.76. The van der Waals surface area contributed by atoms with Gasteiger partial charge in [-0.2, -0.15) is 0 Å². The number of fused-ring (bicyclic) bond motifs is 1. The van der Waals surface area contributed by atoms with Gasteiger partial charge in [0.05, 0.1) is 5.02 Å². The average molecular weight is 211 g/mol. The lowest BCUT2D eigenvalue weighted by atomic mass is 10.2. The zero-order valence-corrected chi connectivity index (χ0v) is 7.97. The van der Waals surface area contributed by atoms with Gasteiger partial charge in [0.1, 0.15) is 6.61 Å². The highest BCUT2D eigenvalue weighted by atomic mass is 35.5. The van der Waals surface area contributed by atoms with Gasteiger partial charge in [-0.15, -0.1) is 0 Å². The molecule has 0 unspecified atom stereocenters. The molecule has 0 atom stereocenters. The first-order chi connectivity index (χ1) is 6.81. The van der Waals surface area contributed by atoms with Crippen LogP contribution in [-0.4, -0.2) is 18.5 Å². The van der Waals surface area contributed by atoms with Gasteiger partial charge in [-0.1, -0.05) is 23.4 Å². The third-order valence-corrected chi connectivity index (χ3v) is 2.08. The lowest BCUT2D eigenvalue weighted by molar-refractivity contribution is 0.174. The van der Waals surface area contributed by atoms with Gasteiger partial charge in [0.25, 0.3) is 0 Å². The molecular formula is C10H7ClO3. The van der Waals surface area contributed by atoms with Crippen LogP contribution in [0.4, 0.5) is 0 Å². The monoisotopic (exact) mass is 210 g/mol. The van der Waals surface area contributed by atoms with Crippen LogP contribution in [0.1, 0.15) is 5.56 Å². The fraction of sp³-hybridized carbons (Fsp3) is 0.200. The molecular weight excluding hydrogens is 204 g/mol. The van der Waals surface area contributed by atoms with Crippen LogP contribution in [0.2, 0.25) is 5.02 Å². The molecule has 4 heteroatoms. The van der Waals surface area contributed by atoms with Crippen molar-refractivity contribution in [2.75, 3.05) is 13.4 Å². The Bertz CT molecular complexity index is 417.